The molecule has 84 valence electrons. The Kier molecular flexibility index (Phi) is 4.30. The van der Waals surface area contributed by atoms with Crippen molar-refractivity contribution >= 4 is 5.91 Å². The summed E-state index contributed by atoms with van der Waals surface area (Å²) in [5, 5.41) is 6.98. The third-order valence-corrected chi connectivity index (χ3v) is 2.23. The number of rotatable bonds is 5. The van der Waals surface area contributed by atoms with Gasteiger partial charge in [-0.25, -0.2) is 0 Å². The predicted molar refractivity (Wildman–Crippen MR) is 58.2 cm³/mol. The first-order valence-corrected chi connectivity index (χ1v) is 5.15. The van der Waals surface area contributed by atoms with Crippen LogP contribution in [0.3, 0.4) is 0 Å². The van der Waals surface area contributed by atoms with Crippen LogP contribution in [0.5, 0.6) is 0 Å². The van der Waals surface area contributed by atoms with Crippen molar-refractivity contribution in [3.63, 3.8) is 0 Å². The van der Waals surface area contributed by atoms with E-state index in [4.69, 9.17) is 5.73 Å². The molecule has 0 aliphatic heterocycles. The van der Waals surface area contributed by atoms with Crippen molar-refractivity contribution < 1.29 is 4.79 Å². The normalized spacial score (nSPS) is 12.5. The number of nitrogens with one attached hydrogen (secondary N) is 1. The maximum atomic E-state index is 11.3. The second-order valence-electron chi connectivity index (χ2n) is 3.54. The Morgan fingerprint density at radius 2 is 2.47 bits per heavy atom. The molecule has 0 bridgehead atoms. The van der Waals surface area contributed by atoms with Gasteiger partial charge in [0.25, 0.3) is 0 Å². The molecule has 1 rings (SSSR count). The molecule has 0 saturated carbocycles. The fourth-order valence-corrected chi connectivity index (χ4v) is 1.23. The zero-order valence-corrected chi connectivity index (χ0v) is 9.23. The third kappa shape index (κ3) is 3.71. The van der Waals surface area contributed by atoms with Gasteiger partial charge in [0.15, 0.2) is 0 Å². The van der Waals surface area contributed by atoms with Crippen molar-refractivity contribution in [3.05, 3.63) is 18.0 Å². The van der Waals surface area contributed by atoms with E-state index in [2.05, 4.69) is 10.4 Å². The number of aromatic nitrogens is 2. The van der Waals surface area contributed by atoms with Crippen molar-refractivity contribution in [2.45, 2.75) is 25.8 Å². The highest BCUT2D eigenvalue weighted by molar-refractivity contribution is 5.81. The summed E-state index contributed by atoms with van der Waals surface area (Å²) >= 11 is 0. The zero-order chi connectivity index (χ0) is 11.3. The Morgan fingerprint density at radius 3 is 3.00 bits per heavy atom. The average molecular weight is 210 g/mol. The van der Waals surface area contributed by atoms with E-state index in [9.17, 15) is 4.79 Å². The van der Waals surface area contributed by atoms with Gasteiger partial charge in [0.1, 0.15) is 0 Å². The fourth-order valence-electron chi connectivity index (χ4n) is 1.23. The maximum Gasteiger partial charge on any atom is 0.236 e. The highest BCUT2D eigenvalue weighted by Crippen LogP contribution is 1.94. The van der Waals surface area contributed by atoms with Crippen LogP contribution in [0.25, 0.3) is 0 Å². The highest BCUT2D eigenvalue weighted by Gasteiger charge is 2.09. The Balaban J connectivity index is 2.24. The summed E-state index contributed by atoms with van der Waals surface area (Å²) in [7, 11) is 1.87. The van der Waals surface area contributed by atoms with Crippen molar-refractivity contribution in [3.8, 4) is 0 Å². The van der Waals surface area contributed by atoms with Gasteiger partial charge in [0.2, 0.25) is 5.91 Å². The number of nitrogens with zero attached hydrogens (tertiary/aromatic N) is 2. The van der Waals surface area contributed by atoms with Crippen LogP contribution in [0, 0.1) is 0 Å². The number of aryl methyl sites for hydroxylation is 1. The number of carbonyl (C=O) groups excluding carboxylic acids is 1. The maximum absolute atomic E-state index is 11.3. The molecule has 0 saturated heterocycles. The number of amides is 1. The van der Waals surface area contributed by atoms with E-state index in [0.717, 1.165) is 12.1 Å². The lowest BCUT2D eigenvalue weighted by atomic mass is 10.2. The van der Waals surface area contributed by atoms with Gasteiger partial charge in [-0.1, -0.05) is 6.92 Å². The lowest BCUT2D eigenvalue weighted by molar-refractivity contribution is -0.122. The van der Waals surface area contributed by atoms with Crippen molar-refractivity contribution in [2.75, 3.05) is 6.54 Å². The van der Waals surface area contributed by atoms with Gasteiger partial charge in [-0.3, -0.25) is 9.48 Å². The summed E-state index contributed by atoms with van der Waals surface area (Å²) in [6, 6.07) is 1.54. The SMILES string of the molecule is CC[C@H](N)C(=O)NCCc1ccn(C)n1. The number of carbonyl (C=O) groups is 1. The third-order valence-electron chi connectivity index (χ3n) is 2.23. The van der Waals surface area contributed by atoms with Crippen LogP contribution in [0.2, 0.25) is 0 Å². The first-order chi connectivity index (χ1) is 7.13. The molecule has 3 N–H and O–H groups in total. The second kappa shape index (κ2) is 5.50. The van der Waals surface area contributed by atoms with Crippen LogP contribution >= 0.6 is 0 Å². The molecule has 1 heterocycles. The monoisotopic (exact) mass is 210 g/mol. The largest absolute Gasteiger partial charge is 0.354 e. The van der Waals surface area contributed by atoms with E-state index in [1.165, 1.54) is 0 Å². The van der Waals surface area contributed by atoms with E-state index >= 15 is 0 Å². The van der Waals surface area contributed by atoms with Gasteiger partial charge < -0.3 is 11.1 Å². The van der Waals surface area contributed by atoms with Gasteiger partial charge in [-0.2, -0.15) is 5.10 Å². The fraction of sp³-hybridized carbons (Fsp3) is 0.600. The van der Waals surface area contributed by atoms with E-state index in [0.29, 0.717) is 13.0 Å². The van der Waals surface area contributed by atoms with Crippen LogP contribution in [-0.2, 0) is 18.3 Å². The number of nitrogens with two attached hydrogens (primary N) is 1. The average Bonchev–Trinajstić information content (AvgIpc) is 2.63. The summed E-state index contributed by atoms with van der Waals surface area (Å²) in [5.41, 5.74) is 6.54. The molecule has 1 aromatic rings. The molecule has 0 unspecified atom stereocenters. The lowest BCUT2D eigenvalue weighted by Crippen LogP contribution is -2.40. The topological polar surface area (TPSA) is 72.9 Å². The molecule has 0 spiro atoms. The predicted octanol–water partition coefficient (Wildman–Crippen LogP) is -0.184. The molecule has 0 aromatic carbocycles. The van der Waals surface area contributed by atoms with Crippen molar-refractivity contribution in [2.24, 2.45) is 12.8 Å². The minimum Gasteiger partial charge on any atom is -0.354 e. The molecule has 5 heteroatoms. The molecular weight excluding hydrogens is 192 g/mol. The van der Waals surface area contributed by atoms with Crippen LogP contribution in [0.15, 0.2) is 12.3 Å². The van der Waals surface area contributed by atoms with Crippen LogP contribution in [-0.4, -0.2) is 28.3 Å². The Bertz CT molecular complexity index is 321. The zero-order valence-electron chi connectivity index (χ0n) is 9.23. The molecular formula is C10H18N4O. The Morgan fingerprint density at radius 1 is 1.73 bits per heavy atom. The lowest BCUT2D eigenvalue weighted by Gasteiger charge is -2.08. The van der Waals surface area contributed by atoms with Crippen LogP contribution in [0.4, 0.5) is 0 Å². The highest BCUT2D eigenvalue weighted by atomic mass is 16.2. The van der Waals surface area contributed by atoms with Gasteiger partial charge in [0.05, 0.1) is 11.7 Å². The van der Waals surface area contributed by atoms with Crippen molar-refractivity contribution in [1.29, 1.82) is 0 Å². The van der Waals surface area contributed by atoms with Gasteiger partial charge in [-0.15, -0.1) is 0 Å². The first-order valence-electron chi connectivity index (χ1n) is 5.15. The smallest absolute Gasteiger partial charge is 0.236 e. The van der Waals surface area contributed by atoms with Crippen molar-refractivity contribution in [1.82, 2.24) is 15.1 Å². The minimum absolute atomic E-state index is 0.0894. The van der Waals surface area contributed by atoms with Gasteiger partial charge in [0, 0.05) is 26.2 Å². The van der Waals surface area contributed by atoms with E-state index in [1.54, 1.807) is 4.68 Å². The molecule has 0 aliphatic carbocycles. The number of hydrogen-bond acceptors (Lipinski definition) is 3. The molecule has 1 amide bonds. The standard InChI is InChI=1S/C10H18N4O/c1-3-9(11)10(15)12-6-4-8-5-7-14(2)13-8/h5,7,9H,3-4,6,11H2,1-2H3,(H,12,15)/t9-/m0/s1. The first kappa shape index (κ1) is 11.7. The molecule has 1 aromatic heterocycles. The van der Waals surface area contributed by atoms with Gasteiger partial charge >= 0.3 is 0 Å². The molecule has 15 heavy (non-hydrogen) atoms. The summed E-state index contributed by atoms with van der Waals surface area (Å²) in [5.74, 6) is -0.0894. The molecule has 1 atom stereocenters. The summed E-state index contributed by atoms with van der Waals surface area (Å²) in [4.78, 5) is 11.3. The molecule has 0 aliphatic rings. The summed E-state index contributed by atoms with van der Waals surface area (Å²) in [6.45, 7) is 2.48. The number of hydrogen-bond donors (Lipinski definition) is 2. The Labute approximate surface area is 89.6 Å². The minimum atomic E-state index is -0.395. The summed E-state index contributed by atoms with van der Waals surface area (Å²) < 4.78 is 1.74. The van der Waals surface area contributed by atoms with Gasteiger partial charge in [-0.05, 0) is 12.5 Å². The molecule has 5 nitrogen and oxygen atoms in total. The van der Waals surface area contributed by atoms with Crippen LogP contribution < -0.4 is 11.1 Å². The van der Waals surface area contributed by atoms with E-state index in [-0.39, 0.29) is 5.91 Å². The van der Waals surface area contributed by atoms with E-state index in [1.807, 2.05) is 26.2 Å². The van der Waals surface area contributed by atoms with E-state index < -0.39 is 6.04 Å². The second-order valence-corrected chi connectivity index (χ2v) is 3.54. The molecule has 0 fully saturated rings. The quantitative estimate of drug-likeness (QED) is 0.708. The Hall–Kier alpha value is -1.36. The van der Waals surface area contributed by atoms with Crippen LogP contribution in [0.1, 0.15) is 19.0 Å². The molecule has 0 radical (unpaired) electrons. The summed E-state index contributed by atoms with van der Waals surface area (Å²) in [6.07, 6.45) is 3.29.